The quantitative estimate of drug-likeness (QED) is 0.933. The van der Waals surface area contributed by atoms with Crippen molar-refractivity contribution in [1.82, 2.24) is 15.0 Å². The van der Waals surface area contributed by atoms with Gasteiger partial charge in [0.1, 0.15) is 17.2 Å². The fourth-order valence-electron chi connectivity index (χ4n) is 2.48. The Morgan fingerprint density at radius 3 is 2.84 bits per heavy atom. The lowest BCUT2D eigenvalue weighted by molar-refractivity contribution is 0.661. The van der Waals surface area contributed by atoms with Crippen molar-refractivity contribution < 1.29 is 0 Å². The minimum atomic E-state index is 0.194. The molecule has 0 spiro atoms. The van der Waals surface area contributed by atoms with Crippen LogP contribution in [0, 0.1) is 6.92 Å². The summed E-state index contributed by atoms with van der Waals surface area (Å²) in [5.74, 6) is 0.991. The Labute approximate surface area is 117 Å². The van der Waals surface area contributed by atoms with Crippen LogP contribution in [0.3, 0.4) is 0 Å². The molecule has 0 radical (unpaired) electrons. The SMILES string of the molecule is Cc1cnc(C(C)Nc2ncnc3c2CCCC3)s1. The molecular formula is C14H18N4S. The van der Waals surface area contributed by atoms with Crippen LogP contribution in [0.5, 0.6) is 0 Å². The van der Waals surface area contributed by atoms with Gasteiger partial charge in [-0.3, -0.25) is 0 Å². The van der Waals surface area contributed by atoms with E-state index in [1.54, 1.807) is 17.7 Å². The van der Waals surface area contributed by atoms with Crippen LogP contribution in [0.25, 0.3) is 0 Å². The smallest absolute Gasteiger partial charge is 0.133 e. The lowest BCUT2D eigenvalue weighted by Crippen LogP contribution is -2.14. The topological polar surface area (TPSA) is 50.7 Å². The van der Waals surface area contributed by atoms with Gasteiger partial charge >= 0.3 is 0 Å². The fraction of sp³-hybridized carbons (Fsp3) is 0.500. The van der Waals surface area contributed by atoms with E-state index in [4.69, 9.17) is 0 Å². The first-order chi connectivity index (χ1) is 9.24. The number of rotatable bonds is 3. The van der Waals surface area contributed by atoms with Crippen molar-refractivity contribution in [2.24, 2.45) is 0 Å². The van der Waals surface area contributed by atoms with Crippen LogP contribution >= 0.6 is 11.3 Å². The average molecular weight is 274 g/mol. The number of hydrogen-bond acceptors (Lipinski definition) is 5. The van der Waals surface area contributed by atoms with Gasteiger partial charge in [-0.15, -0.1) is 11.3 Å². The van der Waals surface area contributed by atoms with E-state index in [0.717, 1.165) is 23.7 Å². The fourth-order valence-corrected chi connectivity index (χ4v) is 3.26. The number of fused-ring (bicyclic) bond motifs is 1. The average Bonchev–Trinajstić information content (AvgIpc) is 2.86. The zero-order chi connectivity index (χ0) is 13.2. The molecule has 0 bridgehead atoms. The van der Waals surface area contributed by atoms with Crippen molar-refractivity contribution in [2.45, 2.75) is 45.6 Å². The largest absolute Gasteiger partial charge is 0.361 e. The van der Waals surface area contributed by atoms with Crippen LogP contribution < -0.4 is 5.32 Å². The molecule has 2 aromatic heterocycles. The van der Waals surface area contributed by atoms with Crippen molar-refractivity contribution in [3.63, 3.8) is 0 Å². The summed E-state index contributed by atoms with van der Waals surface area (Å²) in [6.45, 7) is 4.22. The maximum absolute atomic E-state index is 4.44. The molecule has 0 saturated heterocycles. The summed E-state index contributed by atoms with van der Waals surface area (Å²) in [4.78, 5) is 14.5. The van der Waals surface area contributed by atoms with Gasteiger partial charge in [-0.05, 0) is 39.5 Å². The van der Waals surface area contributed by atoms with Gasteiger partial charge < -0.3 is 5.32 Å². The molecule has 5 heteroatoms. The minimum absolute atomic E-state index is 0.194. The number of nitrogens with zero attached hydrogens (tertiary/aromatic N) is 3. The highest BCUT2D eigenvalue weighted by atomic mass is 32.1. The van der Waals surface area contributed by atoms with Gasteiger partial charge in [0.15, 0.2) is 0 Å². The first-order valence-corrected chi connectivity index (χ1v) is 7.57. The molecule has 0 aromatic carbocycles. The molecule has 1 atom stereocenters. The van der Waals surface area contributed by atoms with E-state index >= 15 is 0 Å². The summed E-state index contributed by atoms with van der Waals surface area (Å²) in [6.07, 6.45) is 8.24. The molecule has 1 aliphatic rings. The number of hydrogen-bond donors (Lipinski definition) is 1. The normalized spacial score (nSPS) is 15.9. The highest BCUT2D eigenvalue weighted by Gasteiger charge is 2.18. The molecule has 1 unspecified atom stereocenters. The number of aryl methyl sites for hydroxylation is 2. The van der Waals surface area contributed by atoms with Gasteiger partial charge in [-0.25, -0.2) is 15.0 Å². The van der Waals surface area contributed by atoms with Gasteiger partial charge in [0.2, 0.25) is 0 Å². The molecule has 0 aliphatic heterocycles. The van der Waals surface area contributed by atoms with Crippen LogP contribution in [-0.2, 0) is 12.8 Å². The Bertz CT molecular complexity index is 579. The van der Waals surface area contributed by atoms with E-state index < -0.39 is 0 Å². The van der Waals surface area contributed by atoms with Gasteiger partial charge in [0.05, 0.1) is 6.04 Å². The molecular weight excluding hydrogens is 256 g/mol. The maximum Gasteiger partial charge on any atom is 0.133 e. The first kappa shape index (κ1) is 12.5. The molecule has 0 fully saturated rings. The Kier molecular flexibility index (Phi) is 3.46. The third-order valence-corrected chi connectivity index (χ3v) is 4.58. The van der Waals surface area contributed by atoms with Crippen molar-refractivity contribution in [2.75, 3.05) is 5.32 Å². The van der Waals surface area contributed by atoms with Gasteiger partial charge in [0.25, 0.3) is 0 Å². The third kappa shape index (κ3) is 2.61. The van der Waals surface area contributed by atoms with Crippen LogP contribution in [0.2, 0.25) is 0 Å². The van der Waals surface area contributed by atoms with Crippen molar-refractivity contribution in [3.05, 3.63) is 33.7 Å². The monoisotopic (exact) mass is 274 g/mol. The Morgan fingerprint density at radius 1 is 1.21 bits per heavy atom. The standard InChI is InChI=1S/C14H18N4S/c1-9-7-15-14(19-9)10(2)18-13-11-5-3-4-6-12(11)16-8-17-13/h7-8,10H,3-6H2,1-2H3,(H,16,17,18). The van der Waals surface area contributed by atoms with Crippen LogP contribution in [0.1, 0.15) is 46.9 Å². The number of aromatic nitrogens is 3. The Hall–Kier alpha value is -1.49. The first-order valence-electron chi connectivity index (χ1n) is 6.75. The molecule has 100 valence electrons. The predicted octanol–water partition coefficient (Wildman–Crippen LogP) is 3.29. The second-order valence-electron chi connectivity index (χ2n) is 5.03. The second kappa shape index (κ2) is 5.25. The lowest BCUT2D eigenvalue weighted by Gasteiger charge is -2.20. The van der Waals surface area contributed by atoms with E-state index in [1.807, 2.05) is 6.20 Å². The molecule has 4 nitrogen and oxygen atoms in total. The van der Waals surface area contributed by atoms with Gasteiger partial charge in [-0.1, -0.05) is 0 Å². The summed E-state index contributed by atoms with van der Waals surface area (Å²) in [7, 11) is 0. The molecule has 1 N–H and O–H groups in total. The van der Waals surface area contributed by atoms with Gasteiger partial charge in [0, 0.05) is 22.3 Å². The van der Waals surface area contributed by atoms with E-state index in [-0.39, 0.29) is 6.04 Å². The second-order valence-corrected chi connectivity index (χ2v) is 6.30. The number of nitrogens with one attached hydrogen (secondary N) is 1. The zero-order valence-corrected chi connectivity index (χ0v) is 12.1. The molecule has 19 heavy (non-hydrogen) atoms. The minimum Gasteiger partial charge on any atom is -0.361 e. The van der Waals surface area contributed by atoms with Crippen LogP contribution in [0.4, 0.5) is 5.82 Å². The molecule has 1 aliphatic carbocycles. The van der Waals surface area contributed by atoms with E-state index in [2.05, 4.69) is 34.1 Å². The maximum atomic E-state index is 4.44. The number of anilines is 1. The highest BCUT2D eigenvalue weighted by Crippen LogP contribution is 2.28. The molecule has 2 heterocycles. The summed E-state index contributed by atoms with van der Waals surface area (Å²) >= 11 is 1.74. The van der Waals surface area contributed by atoms with E-state index in [1.165, 1.54) is 29.0 Å². The van der Waals surface area contributed by atoms with E-state index in [0.29, 0.717) is 0 Å². The molecule has 2 aromatic rings. The predicted molar refractivity (Wildman–Crippen MR) is 77.6 cm³/mol. The molecule has 0 amide bonds. The molecule has 0 saturated carbocycles. The number of thiazole rings is 1. The summed E-state index contributed by atoms with van der Waals surface area (Å²) in [5.41, 5.74) is 2.51. The summed E-state index contributed by atoms with van der Waals surface area (Å²) in [5, 5.41) is 4.61. The summed E-state index contributed by atoms with van der Waals surface area (Å²) in [6, 6.07) is 0.194. The van der Waals surface area contributed by atoms with Crippen LogP contribution in [-0.4, -0.2) is 15.0 Å². The third-order valence-electron chi connectivity index (χ3n) is 3.49. The van der Waals surface area contributed by atoms with Crippen molar-refractivity contribution in [1.29, 1.82) is 0 Å². The van der Waals surface area contributed by atoms with Crippen molar-refractivity contribution in [3.8, 4) is 0 Å². The zero-order valence-electron chi connectivity index (χ0n) is 11.3. The van der Waals surface area contributed by atoms with Crippen LogP contribution in [0.15, 0.2) is 12.5 Å². The van der Waals surface area contributed by atoms with Gasteiger partial charge in [-0.2, -0.15) is 0 Å². The lowest BCUT2D eigenvalue weighted by atomic mass is 9.96. The van der Waals surface area contributed by atoms with E-state index in [9.17, 15) is 0 Å². The summed E-state index contributed by atoms with van der Waals surface area (Å²) < 4.78 is 0. The van der Waals surface area contributed by atoms with Crippen molar-refractivity contribution >= 4 is 17.2 Å². The Morgan fingerprint density at radius 2 is 2.05 bits per heavy atom. The highest BCUT2D eigenvalue weighted by molar-refractivity contribution is 7.11. The Balaban J connectivity index is 1.83. The molecule has 3 rings (SSSR count).